The van der Waals surface area contributed by atoms with Crippen LogP contribution in [0, 0.1) is 0 Å². The van der Waals surface area contributed by atoms with Crippen molar-refractivity contribution in [2.75, 3.05) is 0 Å². The molecule has 0 unspecified atom stereocenters. The topological polar surface area (TPSA) is 37.3 Å². The Kier molecular flexibility index (Phi) is 2.54. The van der Waals surface area contributed by atoms with Crippen molar-refractivity contribution in [3.8, 4) is 0 Å². The van der Waals surface area contributed by atoms with E-state index >= 15 is 0 Å². The standard InChI is InChI=1S/C5H5FO2/c1-2-3-4(6)5(7)8/h2-3H,1H2,(H,7,8)/b4-3-. The Morgan fingerprint density at radius 3 is 2.38 bits per heavy atom. The van der Waals surface area contributed by atoms with Crippen LogP contribution in [-0.2, 0) is 4.79 Å². The summed E-state index contributed by atoms with van der Waals surface area (Å²) in [5.41, 5.74) is 0. The van der Waals surface area contributed by atoms with E-state index < -0.39 is 11.8 Å². The van der Waals surface area contributed by atoms with Gasteiger partial charge in [0, 0.05) is 0 Å². The number of hydrogen-bond donors (Lipinski definition) is 1. The SMILES string of the molecule is C=C/C=C(\F)C(=O)O. The summed E-state index contributed by atoms with van der Waals surface area (Å²) >= 11 is 0. The number of rotatable bonds is 2. The van der Waals surface area contributed by atoms with Gasteiger partial charge >= 0.3 is 5.97 Å². The number of carboxylic acids is 1. The maximum Gasteiger partial charge on any atom is 0.364 e. The first-order valence-electron chi connectivity index (χ1n) is 1.90. The monoisotopic (exact) mass is 116 g/mol. The molecule has 0 bridgehead atoms. The highest BCUT2D eigenvalue weighted by Crippen LogP contribution is 1.93. The van der Waals surface area contributed by atoms with E-state index in [1.807, 2.05) is 0 Å². The van der Waals surface area contributed by atoms with Gasteiger partial charge in [0.15, 0.2) is 0 Å². The first-order chi connectivity index (χ1) is 3.68. The molecule has 0 saturated heterocycles. The summed E-state index contributed by atoms with van der Waals surface area (Å²) in [6.45, 7) is 3.10. The molecule has 0 amide bonds. The molecule has 0 aliphatic heterocycles. The third-order valence-corrected chi connectivity index (χ3v) is 0.468. The zero-order valence-corrected chi connectivity index (χ0v) is 4.10. The largest absolute Gasteiger partial charge is 0.476 e. The molecule has 0 aromatic carbocycles. The molecule has 0 aliphatic rings. The molecular formula is C5H5FO2. The van der Waals surface area contributed by atoms with Crippen molar-refractivity contribution in [1.29, 1.82) is 0 Å². The predicted octanol–water partition coefficient (Wildman–Crippen LogP) is 1.11. The van der Waals surface area contributed by atoms with E-state index in [0.29, 0.717) is 0 Å². The number of halogens is 1. The predicted molar refractivity (Wildman–Crippen MR) is 27.0 cm³/mol. The highest BCUT2D eigenvalue weighted by atomic mass is 19.1. The van der Waals surface area contributed by atoms with Crippen molar-refractivity contribution >= 4 is 5.97 Å². The molecule has 0 radical (unpaired) electrons. The third-order valence-electron chi connectivity index (χ3n) is 0.468. The van der Waals surface area contributed by atoms with Crippen molar-refractivity contribution in [1.82, 2.24) is 0 Å². The molecule has 3 heteroatoms. The summed E-state index contributed by atoms with van der Waals surface area (Å²) in [7, 11) is 0. The lowest BCUT2D eigenvalue weighted by Crippen LogP contribution is -1.92. The molecule has 0 atom stereocenters. The van der Waals surface area contributed by atoms with Gasteiger partial charge in [-0.15, -0.1) is 0 Å². The van der Waals surface area contributed by atoms with Gasteiger partial charge in [0.1, 0.15) is 0 Å². The average molecular weight is 116 g/mol. The Morgan fingerprint density at radius 2 is 2.25 bits per heavy atom. The third kappa shape index (κ3) is 2.12. The van der Waals surface area contributed by atoms with E-state index in [1.54, 1.807) is 0 Å². The van der Waals surface area contributed by atoms with Gasteiger partial charge in [0.25, 0.3) is 0 Å². The molecule has 0 aromatic rings. The summed E-state index contributed by atoms with van der Waals surface area (Å²) in [5, 5.41) is 7.82. The van der Waals surface area contributed by atoms with Crippen LogP contribution in [0.3, 0.4) is 0 Å². The molecule has 0 saturated carbocycles. The minimum atomic E-state index is -1.56. The van der Waals surface area contributed by atoms with Crippen LogP contribution in [0.25, 0.3) is 0 Å². The van der Waals surface area contributed by atoms with Gasteiger partial charge in [-0.3, -0.25) is 0 Å². The fourth-order valence-electron chi connectivity index (χ4n) is 0.175. The number of aliphatic carboxylic acids is 1. The second-order valence-electron chi connectivity index (χ2n) is 1.06. The van der Waals surface area contributed by atoms with E-state index in [0.717, 1.165) is 12.2 Å². The lowest BCUT2D eigenvalue weighted by Gasteiger charge is -1.80. The molecule has 44 valence electrons. The maximum atomic E-state index is 11.7. The van der Waals surface area contributed by atoms with Gasteiger partial charge in [-0.1, -0.05) is 12.7 Å². The lowest BCUT2D eigenvalue weighted by molar-refractivity contribution is -0.134. The Balaban J connectivity index is 3.99. The molecule has 2 nitrogen and oxygen atoms in total. The van der Waals surface area contributed by atoms with Gasteiger partial charge in [-0.25, -0.2) is 4.79 Å². The van der Waals surface area contributed by atoms with E-state index in [2.05, 4.69) is 6.58 Å². The van der Waals surface area contributed by atoms with E-state index in [9.17, 15) is 9.18 Å². The maximum absolute atomic E-state index is 11.7. The van der Waals surface area contributed by atoms with Crippen LogP contribution in [-0.4, -0.2) is 11.1 Å². The number of hydrogen-bond acceptors (Lipinski definition) is 1. The van der Waals surface area contributed by atoms with Gasteiger partial charge in [-0.2, -0.15) is 4.39 Å². The first kappa shape index (κ1) is 6.88. The molecule has 0 aromatic heterocycles. The second kappa shape index (κ2) is 2.96. The number of carboxylic acid groups (broad SMARTS) is 1. The molecule has 0 fully saturated rings. The van der Waals surface area contributed by atoms with Crippen LogP contribution in [0.4, 0.5) is 4.39 Å². The first-order valence-corrected chi connectivity index (χ1v) is 1.90. The highest BCUT2D eigenvalue weighted by molar-refractivity contribution is 5.84. The van der Waals surface area contributed by atoms with E-state index in [1.165, 1.54) is 0 Å². The second-order valence-corrected chi connectivity index (χ2v) is 1.06. The zero-order valence-electron chi connectivity index (χ0n) is 4.10. The van der Waals surface area contributed by atoms with Gasteiger partial charge < -0.3 is 5.11 Å². The van der Waals surface area contributed by atoms with Gasteiger partial charge in [-0.05, 0) is 6.08 Å². The van der Waals surface area contributed by atoms with Crippen LogP contribution in [0.2, 0.25) is 0 Å². The summed E-state index contributed by atoms with van der Waals surface area (Å²) in [6, 6.07) is 0. The summed E-state index contributed by atoms with van der Waals surface area (Å²) in [5.74, 6) is -2.76. The number of carbonyl (C=O) groups is 1. The van der Waals surface area contributed by atoms with Crippen molar-refractivity contribution < 1.29 is 14.3 Å². The van der Waals surface area contributed by atoms with Gasteiger partial charge in [0.05, 0.1) is 0 Å². The summed E-state index contributed by atoms with van der Waals surface area (Å²) in [6.07, 6.45) is 1.85. The normalized spacial score (nSPS) is 10.9. The fraction of sp³-hybridized carbons (Fsp3) is 0. The molecular weight excluding hydrogens is 111 g/mol. The zero-order chi connectivity index (χ0) is 6.57. The lowest BCUT2D eigenvalue weighted by atomic mass is 10.5. The van der Waals surface area contributed by atoms with Crippen LogP contribution < -0.4 is 0 Å². The molecule has 8 heavy (non-hydrogen) atoms. The highest BCUT2D eigenvalue weighted by Gasteiger charge is 2.00. The quantitative estimate of drug-likeness (QED) is 0.433. The molecule has 0 spiro atoms. The average Bonchev–Trinajstić information content (AvgIpc) is 1.67. The van der Waals surface area contributed by atoms with Gasteiger partial charge in [0.2, 0.25) is 5.83 Å². The van der Waals surface area contributed by atoms with Crippen molar-refractivity contribution in [3.63, 3.8) is 0 Å². The van der Waals surface area contributed by atoms with Crippen LogP contribution in [0.5, 0.6) is 0 Å². The van der Waals surface area contributed by atoms with Crippen LogP contribution >= 0.6 is 0 Å². The van der Waals surface area contributed by atoms with Crippen molar-refractivity contribution in [3.05, 3.63) is 24.6 Å². The Bertz CT molecular complexity index is 137. The van der Waals surface area contributed by atoms with E-state index in [4.69, 9.17) is 5.11 Å². The number of allylic oxidation sites excluding steroid dienone is 2. The smallest absolute Gasteiger partial charge is 0.364 e. The minimum Gasteiger partial charge on any atom is -0.476 e. The van der Waals surface area contributed by atoms with Crippen molar-refractivity contribution in [2.45, 2.75) is 0 Å². The molecule has 1 N–H and O–H groups in total. The Morgan fingerprint density at radius 1 is 1.75 bits per heavy atom. The Labute approximate surface area is 45.9 Å². The van der Waals surface area contributed by atoms with Crippen molar-refractivity contribution in [2.24, 2.45) is 0 Å². The fourth-order valence-corrected chi connectivity index (χ4v) is 0.175. The van der Waals surface area contributed by atoms with Crippen LogP contribution in [0.1, 0.15) is 0 Å². The molecule has 0 aliphatic carbocycles. The molecule has 0 rings (SSSR count). The van der Waals surface area contributed by atoms with E-state index in [-0.39, 0.29) is 0 Å². The molecule has 0 heterocycles. The summed E-state index contributed by atoms with van der Waals surface area (Å²) in [4.78, 5) is 9.60. The van der Waals surface area contributed by atoms with Crippen LogP contribution in [0.15, 0.2) is 24.6 Å². The minimum absolute atomic E-state index is 0.780. The summed E-state index contributed by atoms with van der Waals surface area (Å²) < 4.78 is 11.7. The Hall–Kier alpha value is -1.12.